The molecule has 0 spiro atoms. The average Bonchev–Trinajstić information content (AvgIpc) is 3.05. The number of aromatic nitrogens is 4. The zero-order valence-corrected chi connectivity index (χ0v) is 9.81. The summed E-state index contributed by atoms with van der Waals surface area (Å²) in [6, 6.07) is 1.08. The minimum atomic E-state index is -1.27. The summed E-state index contributed by atoms with van der Waals surface area (Å²) in [5, 5.41) is 22.0. The lowest BCUT2D eigenvalue weighted by Crippen LogP contribution is -2.25. The molecule has 9 nitrogen and oxygen atoms in total. The first-order chi connectivity index (χ1) is 9.16. The van der Waals surface area contributed by atoms with E-state index in [2.05, 4.69) is 25.3 Å². The van der Waals surface area contributed by atoms with Gasteiger partial charge in [-0.3, -0.25) is 9.48 Å². The van der Waals surface area contributed by atoms with Crippen molar-refractivity contribution in [2.24, 2.45) is 0 Å². The van der Waals surface area contributed by atoms with E-state index in [1.807, 2.05) is 0 Å². The third-order valence-corrected chi connectivity index (χ3v) is 2.28. The molecule has 0 radical (unpaired) electrons. The van der Waals surface area contributed by atoms with Crippen LogP contribution in [-0.2, 0) is 6.54 Å². The number of rotatable bonds is 6. The minimum Gasteiger partial charge on any atom is -0.475 e. The van der Waals surface area contributed by atoms with Crippen molar-refractivity contribution in [3.8, 4) is 0 Å². The second kappa shape index (κ2) is 5.76. The fraction of sp³-hybridized carbons (Fsp3) is 0.300. The van der Waals surface area contributed by atoms with Crippen LogP contribution in [0.15, 0.2) is 23.0 Å². The van der Waals surface area contributed by atoms with Gasteiger partial charge in [0.25, 0.3) is 5.91 Å². The Morgan fingerprint density at radius 2 is 2.32 bits per heavy atom. The summed E-state index contributed by atoms with van der Waals surface area (Å²) in [5.41, 5.74) is -0.0573. The fourth-order valence-electron chi connectivity index (χ4n) is 1.37. The topological polar surface area (TPSA) is 123 Å². The number of carbonyl (C=O) groups excluding carboxylic acids is 1. The number of aromatic carboxylic acids is 1. The van der Waals surface area contributed by atoms with Crippen LogP contribution >= 0.6 is 0 Å². The summed E-state index contributed by atoms with van der Waals surface area (Å²) < 4.78 is 6.12. The van der Waals surface area contributed by atoms with Crippen molar-refractivity contribution in [1.29, 1.82) is 0 Å². The van der Waals surface area contributed by atoms with E-state index >= 15 is 0 Å². The van der Waals surface area contributed by atoms with Crippen molar-refractivity contribution < 1.29 is 19.2 Å². The normalized spacial score (nSPS) is 10.3. The molecule has 9 heteroatoms. The van der Waals surface area contributed by atoms with Crippen LogP contribution in [0.5, 0.6) is 0 Å². The van der Waals surface area contributed by atoms with E-state index in [0.717, 1.165) is 6.07 Å². The first kappa shape index (κ1) is 12.7. The number of aryl methyl sites for hydroxylation is 1. The molecule has 2 heterocycles. The molecule has 0 fully saturated rings. The van der Waals surface area contributed by atoms with Gasteiger partial charge in [0.2, 0.25) is 5.76 Å². The highest BCUT2D eigenvalue weighted by molar-refractivity contribution is 5.94. The Labute approximate surface area is 107 Å². The van der Waals surface area contributed by atoms with Crippen LogP contribution in [-0.4, -0.2) is 43.7 Å². The van der Waals surface area contributed by atoms with Crippen LogP contribution in [0, 0.1) is 0 Å². The SMILES string of the molecule is O=C(NCCCn1ccnn1)c1cc(C(=O)O)on1. The number of carbonyl (C=O) groups is 2. The van der Waals surface area contributed by atoms with E-state index in [9.17, 15) is 9.59 Å². The Kier molecular flexibility index (Phi) is 3.86. The molecule has 0 unspecified atom stereocenters. The maximum Gasteiger partial charge on any atom is 0.374 e. The van der Waals surface area contributed by atoms with Gasteiger partial charge in [-0.1, -0.05) is 10.4 Å². The quantitative estimate of drug-likeness (QED) is 0.692. The van der Waals surface area contributed by atoms with E-state index in [0.29, 0.717) is 19.5 Å². The Bertz CT molecular complexity index is 562. The highest BCUT2D eigenvalue weighted by atomic mass is 16.5. The first-order valence-corrected chi connectivity index (χ1v) is 5.49. The number of carboxylic acid groups (broad SMARTS) is 1. The van der Waals surface area contributed by atoms with Crippen LogP contribution in [0.3, 0.4) is 0 Å². The molecule has 19 heavy (non-hydrogen) atoms. The number of hydrogen-bond acceptors (Lipinski definition) is 6. The Morgan fingerprint density at radius 3 is 2.95 bits per heavy atom. The molecule has 2 N–H and O–H groups in total. The van der Waals surface area contributed by atoms with Crippen molar-refractivity contribution in [3.05, 3.63) is 29.9 Å². The molecule has 0 aliphatic rings. The van der Waals surface area contributed by atoms with Gasteiger partial charge in [-0.2, -0.15) is 0 Å². The first-order valence-electron chi connectivity index (χ1n) is 5.49. The molecule has 0 saturated heterocycles. The number of carboxylic acids is 1. The van der Waals surface area contributed by atoms with Crippen LogP contribution in [0.1, 0.15) is 27.5 Å². The van der Waals surface area contributed by atoms with Crippen molar-refractivity contribution in [1.82, 2.24) is 25.5 Å². The van der Waals surface area contributed by atoms with Crippen LogP contribution in [0.4, 0.5) is 0 Å². The summed E-state index contributed by atoms with van der Waals surface area (Å²) in [6.07, 6.45) is 3.96. The third-order valence-electron chi connectivity index (χ3n) is 2.28. The van der Waals surface area contributed by atoms with Gasteiger partial charge in [-0.05, 0) is 6.42 Å². The fourth-order valence-corrected chi connectivity index (χ4v) is 1.37. The van der Waals surface area contributed by atoms with E-state index < -0.39 is 11.9 Å². The van der Waals surface area contributed by atoms with Crippen molar-refractivity contribution >= 4 is 11.9 Å². The van der Waals surface area contributed by atoms with E-state index in [1.54, 1.807) is 17.1 Å². The molecule has 100 valence electrons. The van der Waals surface area contributed by atoms with Crippen LogP contribution in [0.2, 0.25) is 0 Å². The Morgan fingerprint density at radius 1 is 1.47 bits per heavy atom. The van der Waals surface area contributed by atoms with Crippen molar-refractivity contribution in [2.75, 3.05) is 6.54 Å². The standard InChI is InChI=1S/C10H11N5O4/c16-9(7-6-8(10(17)18)19-13-7)11-2-1-4-15-5-3-12-14-15/h3,5-6H,1-2,4H2,(H,11,16)(H,17,18). The molecule has 0 bridgehead atoms. The van der Waals surface area contributed by atoms with Gasteiger partial charge in [0.15, 0.2) is 5.69 Å². The third kappa shape index (κ3) is 3.37. The van der Waals surface area contributed by atoms with Crippen molar-refractivity contribution in [3.63, 3.8) is 0 Å². The number of hydrogen-bond donors (Lipinski definition) is 2. The second-order valence-electron chi connectivity index (χ2n) is 3.66. The maximum atomic E-state index is 11.6. The van der Waals surface area contributed by atoms with E-state index in [1.165, 1.54) is 0 Å². The average molecular weight is 265 g/mol. The number of nitrogens with zero attached hydrogens (tertiary/aromatic N) is 4. The lowest BCUT2D eigenvalue weighted by atomic mass is 10.3. The zero-order chi connectivity index (χ0) is 13.7. The lowest BCUT2D eigenvalue weighted by Gasteiger charge is -2.02. The highest BCUT2D eigenvalue weighted by Crippen LogP contribution is 2.03. The second-order valence-corrected chi connectivity index (χ2v) is 3.66. The molecule has 0 aliphatic carbocycles. The molecule has 2 aromatic heterocycles. The molecular weight excluding hydrogens is 254 g/mol. The van der Waals surface area contributed by atoms with Gasteiger partial charge < -0.3 is 14.9 Å². The van der Waals surface area contributed by atoms with Gasteiger partial charge in [0.05, 0.1) is 6.20 Å². The molecule has 2 rings (SSSR count). The monoisotopic (exact) mass is 265 g/mol. The Balaban J connectivity index is 1.76. The minimum absolute atomic E-state index is 0.0573. The molecule has 0 atom stereocenters. The molecule has 0 aromatic carbocycles. The smallest absolute Gasteiger partial charge is 0.374 e. The van der Waals surface area contributed by atoms with E-state index in [-0.39, 0.29) is 11.5 Å². The number of amides is 1. The molecular formula is C10H11N5O4. The Hall–Kier alpha value is -2.71. The molecule has 1 amide bonds. The van der Waals surface area contributed by atoms with E-state index in [4.69, 9.17) is 5.11 Å². The summed E-state index contributed by atoms with van der Waals surface area (Å²) in [6.45, 7) is 1.04. The summed E-state index contributed by atoms with van der Waals surface area (Å²) in [4.78, 5) is 22.1. The predicted molar refractivity (Wildman–Crippen MR) is 60.4 cm³/mol. The zero-order valence-electron chi connectivity index (χ0n) is 9.81. The van der Waals surface area contributed by atoms with Gasteiger partial charge in [0, 0.05) is 25.4 Å². The van der Waals surface area contributed by atoms with Gasteiger partial charge in [-0.25, -0.2) is 4.79 Å². The van der Waals surface area contributed by atoms with Gasteiger partial charge in [0.1, 0.15) is 0 Å². The van der Waals surface area contributed by atoms with Crippen LogP contribution < -0.4 is 5.32 Å². The van der Waals surface area contributed by atoms with Crippen molar-refractivity contribution in [2.45, 2.75) is 13.0 Å². The lowest BCUT2D eigenvalue weighted by molar-refractivity contribution is 0.0651. The van der Waals surface area contributed by atoms with Gasteiger partial charge in [-0.15, -0.1) is 5.10 Å². The van der Waals surface area contributed by atoms with Crippen LogP contribution in [0.25, 0.3) is 0 Å². The molecule has 2 aromatic rings. The molecule has 0 aliphatic heterocycles. The maximum absolute atomic E-state index is 11.6. The highest BCUT2D eigenvalue weighted by Gasteiger charge is 2.15. The molecule has 0 saturated carbocycles. The number of nitrogens with one attached hydrogen (secondary N) is 1. The summed E-state index contributed by atoms with van der Waals surface area (Å²) in [5.74, 6) is -2.11. The summed E-state index contributed by atoms with van der Waals surface area (Å²) >= 11 is 0. The predicted octanol–water partition coefficient (Wildman–Crippen LogP) is -0.216. The van der Waals surface area contributed by atoms with Gasteiger partial charge >= 0.3 is 5.97 Å². The summed E-state index contributed by atoms with van der Waals surface area (Å²) in [7, 11) is 0. The largest absolute Gasteiger partial charge is 0.475 e.